The summed E-state index contributed by atoms with van der Waals surface area (Å²) in [6.07, 6.45) is 3.31. The first-order valence-electron chi connectivity index (χ1n) is 3.72. The second kappa shape index (κ2) is 7.47. The molecule has 0 aromatic carbocycles. The molecule has 0 spiro atoms. The fraction of sp³-hybridized carbons (Fsp3) is 0.714. The molecule has 0 aliphatic heterocycles. The van der Waals surface area contributed by atoms with E-state index >= 15 is 0 Å². The first-order valence-corrected chi connectivity index (χ1v) is 4.13. The molecule has 0 fully saturated rings. The third kappa shape index (κ3) is 7.25. The van der Waals surface area contributed by atoms with Gasteiger partial charge in [0, 0.05) is 6.54 Å². The van der Waals surface area contributed by atoms with E-state index < -0.39 is 0 Å². The van der Waals surface area contributed by atoms with Gasteiger partial charge in [0.25, 0.3) is 0 Å². The van der Waals surface area contributed by atoms with Crippen molar-refractivity contribution in [2.75, 3.05) is 6.54 Å². The van der Waals surface area contributed by atoms with Crippen LogP contribution in [-0.4, -0.2) is 18.1 Å². The summed E-state index contributed by atoms with van der Waals surface area (Å²) >= 11 is 4.31. The number of nitrogens with one attached hydrogen (secondary N) is 2. The Morgan fingerprint density at radius 1 is 1.55 bits per heavy atom. The second-order valence-electron chi connectivity index (χ2n) is 2.19. The van der Waals surface area contributed by atoms with Crippen LogP contribution in [0, 0.1) is 0 Å². The Kier molecular flexibility index (Phi) is 7.03. The largest absolute Gasteiger partial charge is 0.338 e. The maximum atomic E-state index is 10.7. The molecule has 0 saturated heterocycles. The van der Waals surface area contributed by atoms with Crippen molar-refractivity contribution in [1.29, 1.82) is 0 Å². The fourth-order valence-corrected chi connectivity index (χ4v) is 0.760. The minimum absolute atomic E-state index is 0.267. The number of rotatable bonds is 5. The maximum absolute atomic E-state index is 10.7. The molecule has 0 atom stereocenters. The summed E-state index contributed by atoms with van der Waals surface area (Å²) < 4.78 is 0. The van der Waals surface area contributed by atoms with Crippen molar-refractivity contribution in [3.05, 3.63) is 0 Å². The highest BCUT2D eigenvalue weighted by atomic mass is 32.1. The summed E-state index contributed by atoms with van der Waals surface area (Å²) in [5.41, 5.74) is 2.13. The zero-order chi connectivity index (χ0) is 8.53. The number of urea groups is 1. The first-order chi connectivity index (χ1) is 5.31. The van der Waals surface area contributed by atoms with E-state index in [0.717, 1.165) is 19.3 Å². The number of carbonyl (C=O) groups excluding carboxylic acids is 1. The third-order valence-electron chi connectivity index (χ3n) is 1.23. The lowest BCUT2D eigenvalue weighted by atomic mass is 10.2. The van der Waals surface area contributed by atoms with Gasteiger partial charge in [0.2, 0.25) is 0 Å². The van der Waals surface area contributed by atoms with Crippen molar-refractivity contribution in [2.24, 2.45) is 0 Å². The van der Waals surface area contributed by atoms with Crippen molar-refractivity contribution >= 4 is 23.7 Å². The molecular weight excluding hydrogens is 160 g/mol. The van der Waals surface area contributed by atoms with Crippen LogP contribution in [0.3, 0.4) is 0 Å². The van der Waals surface area contributed by atoms with E-state index in [1.165, 1.54) is 0 Å². The van der Waals surface area contributed by atoms with Crippen molar-refractivity contribution in [3.63, 3.8) is 0 Å². The molecule has 0 aliphatic rings. The lowest BCUT2D eigenvalue weighted by Crippen LogP contribution is -2.34. The molecule has 0 aliphatic carbocycles. The lowest BCUT2D eigenvalue weighted by Gasteiger charge is -2.01. The van der Waals surface area contributed by atoms with Gasteiger partial charge in [-0.1, -0.05) is 32.0 Å². The van der Waals surface area contributed by atoms with E-state index in [2.05, 4.69) is 35.3 Å². The number of carbonyl (C=O) groups is 1. The van der Waals surface area contributed by atoms with Crippen LogP contribution in [0.4, 0.5) is 4.79 Å². The molecule has 0 aromatic rings. The lowest BCUT2D eigenvalue weighted by molar-refractivity contribution is 0.245. The van der Waals surface area contributed by atoms with Crippen LogP contribution in [-0.2, 0) is 0 Å². The fourth-order valence-electron chi connectivity index (χ4n) is 0.667. The molecule has 0 aromatic heterocycles. The van der Waals surface area contributed by atoms with Gasteiger partial charge in [-0.3, -0.25) is 5.32 Å². The molecule has 0 bridgehead atoms. The summed E-state index contributed by atoms with van der Waals surface area (Å²) in [5, 5.41) is 4.88. The second-order valence-corrected chi connectivity index (χ2v) is 2.39. The SMILES string of the molecule is CCCCCNC(=O)N[C]=S. The molecule has 0 saturated carbocycles. The van der Waals surface area contributed by atoms with Crippen LogP contribution in [0.1, 0.15) is 26.2 Å². The Morgan fingerprint density at radius 3 is 2.82 bits per heavy atom. The predicted molar refractivity (Wildman–Crippen MR) is 48.7 cm³/mol. The Hall–Kier alpha value is -0.640. The monoisotopic (exact) mass is 173 g/mol. The van der Waals surface area contributed by atoms with E-state index in [0.29, 0.717) is 6.54 Å². The molecule has 0 rings (SSSR count). The van der Waals surface area contributed by atoms with Crippen LogP contribution in [0.25, 0.3) is 0 Å². The third-order valence-corrected chi connectivity index (χ3v) is 1.33. The van der Waals surface area contributed by atoms with Crippen molar-refractivity contribution < 1.29 is 4.79 Å². The highest BCUT2D eigenvalue weighted by Crippen LogP contribution is 1.90. The molecule has 4 heteroatoms. The Labute approximate surface area is 72.5 Å². The molecular formula is C7H13N2OS. The predicted octanol–water partition coefficient (Wildman–Crippen LogP) is 1.31. The van der Waals surface area contributed by atoms with E-state index in [1.807, 2.05) is 0 Å². The highest BCUT2D eigenvalue weighted by molar-refractivity contribution is 7.78. The van der Waals surface area contributed by atoms with Gasteiger partial charge in [0.15, 0.2) is 0 Å². The maximum Gasteiger partial charge on any atom is 0.319 e. The minimum atomic E-state index is -0.267. The molecule has 2 N–H and O–H groups in total. The quantitative estimate of drug-likeness (QED) is 0.374. The number of hydrogen-bond donors (Lipinski definition) is 2. The standard InChI is InChI=1S/C7H13N2OS/c1-2-3-4-5-8-7(10)9-6-11/h2-5H2,1H3,(H2,8,9,10,11). The molecule has 63 valence electrons. The van der Waals surface area contributed by atoms with Gasteiger partial charge < -0.3 is 5.32 Å². The van der Waals surface area contributed by atoms with Gasteiger partial charge in [0.05, 0.1) is 0 Å². The average Bonchev–Trinajstić information content (AvgIpc) is 1.99. The number of unbranched alkanes of at least 4 members (excludes halogenated alkanes) is 2. The van der Waals surface area contributed by atoms with E-state index in [9.17, 15) is 4.79 Å². The van der Waals surface area contributed by atoms with Crippen LogP contribution >= 0.6 is 12.2 Å². The minimum Gasteiger partial charge on any atom is -0.338 e. The van der Waals surface area contributed by atoms with Crippen molar-refractivity contribution in [2.45, 2.75) is 26.2 Å². The molecule has 0 unspecified atom stereocenters. The highest BCUT2D eigenvalue weighted by Gasteiger charge is 1.94. The summed E-state index contributed by atoms with van der Waals surface area (Å²) in [7, 11) is 0. The van der Waals surface area contributed by atoms with Crippen LogP contribution < -0.4 is 10.6 Å². The molecule has 3 nitrogen and oxygen atoms in total. The molecule has 2 amide bonds. The number of amides is 2. The van der Waals surface area contributed by atoms with Crippen molar-refractivity contribution in [3.8, 4) is 0 Å². The normalized spacial score (nSPS) is 8.82. The number of hydrogen-bond acceptors (Lipinski definition) is 2. The zero-order valence-electron chi connectivity index (χ0n) is 6.64. The summed E-state index contributed by atoms with van der Waals surface area (Å²) in [4.78, 5) is 10.7. The van der Waals surface area contributed by atoms with Crippen LogP contribution in [0.5, 0.6) is 0 Å². The molecule has 11 heavy (non-hydrogen) atoms. The Balaban J connectivity index is 3.10. The summed E-state index contributed by atoms with van der Waals surface area (Å²) in [6, 6.07) is -0.267. The summed E-state index contributed by atoms with van der Waals surface area (Å²) in [6.45, 7) is 2.82. The van der Waals surface area contributed by atoms with Crippen molar-refractivity contribution in [1.82, 2.24) is 10.6 Å². The zero-order valence-corrected chi connectivity index (χ0v) is 7.46. The van der Waals surface area contributed by atoms with Crippen LogP contribution in [0.2, 0.25) is 0 Å². The van der Waals surface area contributed by atoms with E-state index in [1.54, 1.807) is 0 Å². The smallest absolute Gasteiger partial charge is 0.319 e. The summed E-state index contributed by atoms with van der Waals surface area (Å²) in [5.74, 6) is 0. The van der Waals surface area contributed by atoms with E-state index in [4.69, 9.17) is 0 Å². The number of thiocarbonyl (C=S) groups is 1. The topological polar surface area (TPSA) is 41.1 Å². The Morgan fingerprint density at radius 2 is 2.27 bits per heavy atom. The van der Waals surface area contributed by atoms with E-state index in [-0.39, 0.29) is 6.03 Å². The first kappa shape index (κ1) is 10.4. The van der Waals surface area contributed by atoms with Gasteiger partial charge >= 0.3 is 6.03 Å². The molecule has 1 radical (unpaired) electrons. The average molecular weight is 173 g/mol. The van der Waals surface area contributed by atoms with Gasteiger partial charge in [0.1, 0.15) is 5.49 Å². The van der Waals surface area contributed by atoms with Gasteiger partial charge in [-0.05, 0) is 6.42 Å². The van der Waals surface area contributed by atoms with Crippen LogP contribution in [0.15, 0.2) is 0 Å². The van der Waals surface area contributed by atoms with Gasteiger partial charge in [-0.15, -0.1) is 0 Å². The van der Waals surface area contributed by atoms with Gasteiger partial charge in [-0.25, -0.2) is 4.79 Å². The molecule has 0 heterocycles. The Bertz CT molecular complexity index is 128. The van der Waals surface area contributed by atoms with Gasteiger partial charge in [-0.2, -0.15) is 0 Å².